The molecule has 0 atom stereocenters. The van der Waals surface area contributed by atoms with Crippen LogP contribution in [-0.4, -0.2) is 67.6 Å². The smallest absolute Gasteiger partial charge is 0.310 e. The second kappa shape index (κ2) is 13.2. The molecule has 12 heteroatoms. The first-order valence-corrected chi connectivity index (χ1v) is 7.13. The van der Waals surface area contributed by atoms with Crippen molar-refractivity contribution in [2.24, 2.45) is 21.7 Å². The Morgan fingerprint density at radius 2 is 1.48 bits per heavy atom. The molecular weight excluding hydrogens is 304 g/mol. The maximum Gasteiger partial charge on any atom is 0.310 e. The normalized spacial score (nSPS) is 9.48. The molecule has 0 aromatic rings. The average molecular weight is 326 g/mol. The summed E-state index contributed by atoms with van der Waals surface area (Å²) in [7, 11) is 0. The molecular formula is C11H22N10O2. The van der Waals surface area contributed by atoms with Crippen LogP contribution in [0.15, 0.2) is 10.2 Å². The van der Waals surface area contributed by atoms with E-state index in [4.69, 9.17) is 22.5 Å². The molecule has 0 spiro atoms. The van der Waals surface area contributed by atoms with Gasteiger partial charge in [-0.25, -0.2) is 0 Å². The molecule has 0 aliphatic rings. The van der Waals surface area contributed by atoms with Gasteiger partial charge in [0.15, 0.2) is 0 Å². The molecule has 0 saturated heterocycles. The Bertz CT molecular complexity index is 469. The van der Waals surface area contributed by atoms with Crippen molar-refractivity contribution in [1.82, 2.24) is 9.80 Å². The molecule has 0 bridgehead atoms. The molecule has 0 rings (SSSR count). The zero-order valence-electron chi connectivity index (χ0n) is 12.9. The van der Waals surface area contributed by atoms with E-state index < -0.39 is 6.03 Å². The molecule has 0 aromatic carbocycles. The summed E-state index contributed by atoms with van der Waals surface area (Å²) in [4.78, 5) is 31.4. The van der Waals surface area contributed by atoms with Crippen LogP contribution in [0.2, 0.25) is 0 Å². The molecule has 0 aliphatic heterocycles. The average Bonchev–Trinajstić information content (AvgIpc) is 2.55. The van der Waals surface area contributed by atoms with E-state index >= 15 is 0 Å². The van der Waals surface area contributed by atoms with E-state index in [9.17, 15) is 9.59 Å². The lowest BCUT2D eigenvalue weighted by molar-refractivity contribution is -0.129. The molecule has 23 heavy (non-hydrogen) atoms. The molecule has 0 heterocycles. The van der Waals surface area contributed by atoms with E-state index in [0.717, 1.165) is 0 Å². The van der Waals surface area contributed by atoms with Gasteiger partial charge in [0.2, 0.25) is 5.91 Å². The quantitative estimate of drug-likeness (QED) is 0.318. The van der Waals surface area contributed by atoms with E-state index in [1.54, 1.807) is 0 Å². The first kappa shape index (κ1) is 20.5. The highest BCUT2D eigenvalue weighted by molar-refractivity contribution is 5.78. The molecule has 4 N–H and O–H groups in total. The van der Waals surface area contributed by atoms with E-state index in [2.05, 4.69) is 20.1 Å². The largest absolute Gasteiger partial charge is 0.341 e. The SMILES string of the molecule is [N-]=[N+]=NCC(=O)N(CCCN)CCN(CCCN)C(=O)N=[N+]=[N-]. The van der Waals surface area contributed by atoms with Gasteiger partial charge in [0, 0.05) is 41.1 Å². The number of amides is 3. The minimum atomic E-state index is -0.720. The fourth-order valence-corrected chi connectivity index (χ4v) is 1.76. The summed E-state index contributed by atoms with van der Waals surface area (Å²) in [6.45, 7) is 1.60. The molecule has 0 fully saturated rings. The number of nitrogens with two attached hydrogens (primary N) is 2. The monoisotopic (exact) mass is 326 g/mol. The van der Waals surface area contributed by atoms with Crippen LogP contribution in [0.5, 0.6) is 0 Å². The van der Waals surface area contributed by atoms with Crippen molar-refractivity contribution in [2.45, 2.75) is 12.8 Å². The summed E-state index contributed by atoms with van der Waals surface area (Å²) in [5.41, 5.74) is 27.5. The number of carbonyl (C=O) groups is 2. The van der Waals surface area contributed by atoms with Gasteiger partial charge in [-0.2, -0.15) is 0 Å². The number of urea groups is 1. The predicted molar refractivity (Wildman–Crippen MR) is 84.1 cm³/mol. The number of azide groups is 2. The second-order valence-corrected chi connectivity index (χ2v) is 4.51. The van der Waals surface area contributed by atoms with Gasteiger partial charge in [-0.1, -0.05) is 5.11 Å². The number of nitrogens with zero attached hydrogens (tertiary/aromatic N) is 8. The summed E-state index contributed by atoms with van der Waals surface area (Å²) in [5.74, 6) is -0.355. The van der Waals surface area contributed by atoms with E-state index in [1.807, 2.05) is 0 Å². The summed E-state index contributed by atoms with van der Waals surface area (Å²) < 4.78 is 0. The van der Waals surface area contributed by atoms with E-state index in [0.29, 0.717) is 39.0 Å². The third kappa shape index (κ3) is 9.17. The van der Waals surface area contributed by atoms with Crippen LogP contribution in [0.25, 0.3) is 20.9 Å². The van der Waals surface area contributed by atoms with Gasteiger partial charge in [0.05, 0.1) is 0 Å². The molecule has 12 nitrogen and oxygen atoms in total. The van der Waals surface area contributed by atoms with Crippen molar-refractivity contribution < 1.29 is 9.59 Å². The minimum Gasteiger partial charge on any atom is -0.341 e. The maximum absolute atomic E-state index is 11.9. The highest BCUT2D eigenvalue weighted by Gasteiger charge is 2.16. The standard InChI is InChI=1S/C11H22N10O2/c12-3-1-5-20(10(22)9-16-18-14)7-8-21(6-2-4-13)11(23)17-19-15/h1-9,12-13H2. The Morgan fingerprint density at radius 1 is 0.913 bits per heavy atom. The van der Waals surface area contributed by atoms with Gasteiger partial charge in [-0.15, -0.1) is 0 Å². The van der Waals surface area contributed by atoms with Crippen molar-refractivity contribution in [2.75, 3.05) is 45.8 Å². The Kier molecular flexibility index (Phi) is 11.7. The fraction of sp³-hybridized carbons (Fsp3) is 0.818. The summed E-state index contributed by atoms with van der Waals surface area (Å²) in [5, 5.41) is 6.29. The summed E-state index contributed by atoms with van der Waals surface area (Å²) in [6, 6.07) is -0.720. The van der Waals surface area contributed by atoms with Gasteiger partial charge >= 0.3 is 6.03 Å². The predicted octanol–water partition coefficient (Wildman–Crippen LogP) is 0.555. The second-order valence-electron chi connectivity index (χ2n) is 4.51. The lowest BCUT2D eigenvalue weighted by atomic mass is 10.3. The van der Waals surface area contributed by atoms with Crippen LogP contribution in [-0.2, 0) is 4.79 Å². The number of carbonyl (C=O) groups excluding carboxylic acids is 2. The molecule has 3 amide bonds. The van der Waals surface area contributed by atoms with Crippen molar-refractivity contribution in [1.29, 1.82) is 0 Å². The van der Waals surface area contributed by atoms with Crippen molar-refractivity contribution >= 4 is 11.9 Å². The van der Waals surface area contributed by atoms with Crippen LogP contribution in [0.3, 0.4) is 0 Å². The Hall–Kier alpha value is -2.52. The van der Waals surface area contributed by atoms with Gasteiger partial charge in [0.1, 0.15) is 6.54 Å². The summed E-state index contributed by atoms with van der Waals surface area (Å²) in [6.07, 6.45) is 1.12. The molecule has 0 saturated carbocycles. The molecule has 0 aliphatic carbocycles. The van der Waals surface area contributed by atoms with Gasteiger partial charge in [0.25, 0.3) is 0 Å². The Balaban J connectivity index is 4.77. The van der Waals surface area contributed by atoms with Crippen LogP contribution < -0.4 is 11.5 Å². The third-order valence-electron chi connectivity index (χ3n) is 2.93. The topological polar surface area (TPSA) is 190 Å². The zero-order valence-corrected chi connectivity index (χ0v) is 12.9. The summed E-state index contributed by atoms with van der Waals surface area (Å²) >= 11 is 0. The van der Waals surface area contributed by atoms with Gasteiger partial charge in [-0.05, 0) is 37.0 Å². The van der Waals surface area contributed by atoms with Crippen LogP contribution in [0, 0.1) is 0 Å². The van der Waals surface area contributed by atoms with E-state index in [1.165, 1.54) is 9.80 Å². The van der Waals surface area contributed by atoms with Crippen molar-refractivity contribution in [3.05, 3.63) is 20.9 Å². The molecule has 0 aromatic heterocycles. The highest BCUT2D eigenvalue weighted by atomic mass is 16.2. The molecule has 0 radical (unpaired) electrons. The lowest BCUT2D eigenvalue weighted by Gasteiger charge is -2.26. The maximum atomic E-state index is 11.9. The third-order valence-corrected chi connectivity index (χ3v) is 2.93. The fourth-order valence-electron chi connectivity index (χ4n) is 1.76. The van der Waals surface area contributed by atoms with Crippen molar-refractivity contribution in [3.8, 4) is 0 Å². The van der Waals surface area contributed by atoms with Crippen LogP contribution >= 0.6 is 0 Å². The van der Waals surface area contributed by atoms with Crippen LogP contribution in [0.1, 0.15) is 12.8 Å². The lowest BCUT2D eigenvalue weighted by Crippen LogP contribution is -2.42. The first-order valence-electron chi connectivity index (χ1n) is 7.13. The Labute approximate surface area is 133 Å². The highest BCUT2D eigenvalue weighted by Crippen LogP contribution is 2.00. The minimum absolute atomic E-state index is 0.185. The van der Waals surface area contributed by atoms with Gasteiger partial charge in [-0.3, -0.25) is 9.59 Å². The molecule has 128 valence electrons. The number of rotatable bonds is 11. The zero-order chi connectivity index (χ0) is 17.5. The van der Waals surface area contributed by atoms with E-state index in [-0.39, 0.29) is 25.5 Å². The van der Waals surface area contributed by atoms with Crippen LogP contribution in [0.4, 0.5) is 4.79 Å². The molecule has 0 unspecified atom stereocenters. The Morgan fingerprint density at radius 3 is 2.00 bits per heavy atom. The number of hydrogen-bond acceptors (Lipinski definition) is 5. The first-order chi connectivity index (χ1) is 11.1. The van der Waals surface area contributed by atoms with Crippen molar-refractivity contribution in [3.63, 3.8) is 0 Å². The van der Waals surface area contributed by atoms with Gasteiger partial charge < -0.3 is 21.3 Å². The number of hydrogen-bond donors (Lipinski definition) is 2.